The zero-order valence-electron chi connectivity index (χ0n) is 13.5. The van der Waals surface area contributed by atoms with E-state index in [2.05, 4.69) is 5.32 Å². The third-order valence-electron chi connectivity index (χ3n) is 4.99. The Morgan fingerprint density at radius 1 is 1.30 bits per heavy atom. The fourth-order valence-corrected chi connectivity index (χ4v) is 3.49. The lowest BCUT2D eigenvalue weighted by molar-refractivity contribution is -0.132. The van der Waals surface area contributed by atoms with Gasteiger partial charge in [0.1, 0.15) is 5.92 Å². The van der Waals surface area contributed by atoms with Crippen molar-refractivity contribution < 1.29 is 14.7 Å². The smallest absolute Gasteiger partial charge is 0.239 e. The van der Waals surface area contributed by atoms with Gasteiger partial charge >= 0.3 is 0 Å². The Morgan fingerprint density at radius 3 is 2.61 bits per heavy atom. The van der Waals surface area contributed by atoms with Gasteiger partial charge in [0, 0.05) is 18.8 Å². The molecule has 2 aliphatic rings. The topological polar surface area (TPSA) is 69.6 Å². The first-order chi connectivity index (χ1) is 11.0. The summed E-state index contributed by atoms with van der Waals surface area (Å²) in [4.78, 5) is 26.5. The Morgan fingerprint density at radius 2 is 1.96 bits per heavy atom. The summed E-state index contributed by atoms with van der Waals surface area (Å²) in [6.07, 6.45) is 3.96. The van der Waals surface area contributed by atoms with E-state index < -0.39 is 11.5 Å². The largest absolute Gasteiger partial charge is 0.388 e. The lowest BCUT2D eigenvalue weighted by Gasteiger charge is -2.23. The summed E-state index contributed by atoms with van der Waals surface area (Å²) in [5.74, 6) is -1.05. The van der Waals surface area contributed by atoms with Crippen LogP contribution in [0.3, 0.4) is 0 Å². The maximum Gasteiger partial charge on any atom is 0.239 e. The molecule has 5 heteroatoms. The van der Waals surface area contributed by atoms with Crippen molar-refractivity contribution in [2.24, 2.45) is 5.92 Å². The Kier molecular flexibility index (Phi) is 4.39. The second-order valence-corrected chi connectivity index (χ2v) is 6.82. The van der Waals surface area contributed by atoms with Gasteiger partial charge < -0.3 is 15.3 Å². The minimum Gasteiger partial charge on any atom is -0.388 e. The monoisotopic (exact) mass is 316 g/mol. The molecule has 0 radical (unpaired) electrons. The molecular weight excluding hydrogens is 292 g/mol. The van der Waals surface area contributed by atoms with Crippen molar-refractivity contribution >= 4 is 17.5 Å². The van der Waals surface area contributed by atoms with Gasteiger partial charge in [0.2, 0.25) is 11.8 Å². The van der Waals surface area contributed by atoms with Gasteiger partial charge in [-0.25, -0.2) is 0 Å². The van der Waals surface area contributed by atoms with E-state index in [0.29, 0.717) is 13.0 Å². The summed E-state index contributed by atoms with van der Waals surface area (Å²) in [5.41, 5.74) is 1.19. The average Bonchev–Trinajstić information content (AvgIpc) is 3.13. The van der Waals surface area contributed by atoms with Gasteiger partial charge in [0.15, 0.2) is 0 Å². The molecule has 0 bridgehead atoms. The van der Waals surface area contributed by atoms with Gasteiger partial charge in [0.05, 0.1) is 5.60 Å². The van der Waals surface area contributed by atoms with Gasteiger partial charge in [-0.2, -0.15) is 0 Å². The summed E-state index contributed by atoms with van der Waals surface area (Å²) in [5, 5.41) is 13.1. The van der Waals surface area contributed by atoms with Crippen molar-refractivity contribution in [1.82, 2.24) is 5.32 Å². The van der Waals surface area contributed by atoms with E-state index in [0.717, 1.165) is 36.9 Å². The highest BCUT2D eigenvalue weighted by Gasteiger charge is 2.39. The molecule has 1 aliphatic carbocycles. The van der Waals surface area contributed by atoms with E-state index >= 15 is 0 Å². The highest BCUT2D eigenvalue weighted by atomic mass is 16.3. The Hall–Kier alpha value is -1.88. The first kappa shape index (κ1) is 16.0. The maximum atomic E-state index is 12.5. The van der Waals surface area contributed by atoms with Crippen LogP contribution < -0.4 is 10.2 Å². The number of hydrogen-bond acceptors (Lipinski definition) is 3. The van der Waals surface area contributed by atoms with E-state index in [1.165, 1.54) is 0 Å². The van der Waals surface area contributed by atoms with Gasteiger partial charge in [-0.15, -0.1) is 0 Å². The molecule has 1 atom stereocenters. The zero-order chi connectivity index (χ0) is 16.4. The van der Waals surface area contributed by atoms with Crippen LogP contribution in [0.4, 0.5) is 5.69 Å². The van der Waals surface area contributed by atoms with Crippen LogP contribution in [-0.2, 0) is 9.59 Å². The number of hydrogen-bond donors (Lipinski definition) is 2. The maximum absolute atomic E-state index is 12.5. The minimum atomic E-state index is -0.784. The fourth-order valence-electron chi connectivity index (χ4n) is 3.49. The quantitative estimate of drug-likeness (QED) is 0.832. The van der Waals surface area contributed by atoms with Crippen LogP contribution in [0.1, 0.15) is 37.7 Å². The van der Waals surface area contributed by atoms with Crippen molar-refractivity contribution in [3.05, 3.63) is 29.8 Å². The number of benzene rings is 1. The third-order valence-corrected chi connectivity index (χ3v) is 4.99. The number of nitrogens with zero attached hydrogens (tertiary/aromatic N) is 1. The second kappa shape index (κ2) is 6.32. The molecule has 1 heterocycles. The molecular formula is C18H24N2O3. The Balaban J connectivity index is 1.59. The van der Waals surface area contributed by atoms with Gasteiger partial charge in [-0.3, -0.25) is 9.59 Å². The summed E-state index contributed by atoms with van der Waals surface area (Å²) in [6, 6.07) is 7.75. The predicted octanol–water partition coefficient (Wildman–Crippen LogP) is 1.77. The number of carbonyl (C=O) groups is 2. The van der Waals surface area contributed by atoms with Crippen LogP contribution in [-0.4, -0.2) is 35.6 Å². The first-order valence-corrected chi connectivity index (χ1v) is 8.37. The van der Waals surface area contributed by atoms with Crippen LogP contribution in [0, 0.1) is 12.8 Å². The molecule has 5 nitrogen and oxygen atoms in total. The van der Waals surface area contributed by atoms with Crippen molar-refractivity contribution in [3.63, 3.8) is 0 Å². The van der Waals surface area contributed by atoms with E-state index in [-0.39, 0.29) is 18.4 Å². The second-order valence-electron chi connectivity index (χ2n) is 6.82. The number of amides is 2. The van der Waals surface area contributed by atoms with E-state index in [4.69, 9.17) is 0 Å². The molecule has 0 spiro atoms. The SMILES string of the molecule is Cc1ccc(N2CCC(C(=O)NCC3(O)CCCC3)C2=O)cc1. The van der Waals surface area contributed by atoms with Crippen LogP contribution in [0.5, 0.6) is 0 Å². The number of aliphatic hydroxyl groups is 1. The molecule has 2 N–H and O–H groups in total. The molecule has 1 aromatic rings. The third kappa shape index (κ3) is 3.39. The molecule has 1 aromatic carbocycles. The predicted molar refractivity (Wildman–Crippen MR) is 88.1 cm³/mol. The van der Waals surface area contributed by atoms with Crippen molar-refractivity contribution in [3.8, 4) is 0 Å². The molecule has 2 amide bonds. The molecule has 1 saturated heterocycles. The average molecular weight is 316 g/mol. The molecule has 2 fully saturated rings. The molecule has 23 heavy (non-hydrogen) atoms. The Labute approximate surface area is 136 Å². The van der Waals surface area contributed by atoms with E-state index in [1.807, 2.05) is 31.2 Å². The van der Waals surface area contributed by atoms with Crippen molar-refractivity contribution in [2.75, 3.05) is 18.0 Å². The van der Waals surface area contributed by atoms with Gasteiger partial charge in [-0.05, 0) is 38.3 Å². The molecule has 1 saturated carbocycles. The number of carbonyl (C=O) groups excluding carboxylic acids is 2. The summed E-state index contributed by atoms with van der Waals surface area (Å²) in [6.45, 7) is 2.81. The van der Waals surface area contributed by atoms with Crippen LogP contribution >= 0.6 is 0 Å². The fraction of sp³-hybridized carbons (Fsp3) is 0.556. The highest BCUT2D eigenvalue weighted by Crippen LogP contribution is 2.29. The standard InChI is InChI=1S/C18H24N2O3/c1-13-4-6-14(7-5-13)20-11-8-15(17(20)22)16(21)19-12-18(23)9-2-3-10-18/h4-7,15,23H,2-3,8-12H2,1H3,(H,19,21). The Bertz CT molecular complexity index is 591. The van der Waals surface area contributed by atoms with Gasteiger partial charge in [-0.1, -0.05) is 30.5 Å². The molecule has 1 aliphatic heterocycles. The number of rotatable bonds is 4. The first-order valence-electron chi connectivity index (χ1n) is 8.37. The summed E-state index contributed by atoms with van der Waals surface area (Å²) < 4.78 is 0. The van der Waals surface area contributed by atoms with Crippen LogP contribution in [0.15, 0.2) is 24.3 Å². The minimum absolute atomic E-state index is 0.148. The number of nitrogens with one attached hydrogen (secondary N) is 1. The zero-order valence-corrected chi connectivity index (χ0v) is 13.5. The van der Waals surface area contributed by atoms with Crippen molar-refractivity contribution in [2.45, 2.75) is 44.6 Å². The molecule has 0 aromatic heterocycles. The lowest BCUT2D eigenvalue weighted by atomic mass is 10.0. The van der Waals surface area contributed by atoms with Crippen LogP contribution in [0.25, 0.3) is 0 Å². The van der Waals surface area contributed by atoms with E-state index in [9.17, 15) is 14.7 Å². The normalized spacial score (nSPS) is 23.3. The van der Waals surface area contributed by atoms with Crippen LogP contribution in [0.2, 0.25) is 0 Å². The lowest BCUT2D eigenvalue weighted by Crippen LogP contribution is -2.44. The summed E-state index contributed by atoms with van der Waals surface area (Å²) >= 11 is 0. The number of aryl methyl sites for hydroxylation is 1. The molecule has 124 valence electrons. The van der Waals surface area contributed by atoms with E-state index in [1.54, 1.807) is 4.90 Å². The highest BCUT2D eigenvalue weighted by molar-refractivity contribution is 6.09. The molecule has 1 unspecified atom stereocenters. The van der Waals surface area contributed by atoms with Gasteiger partial charge in [0.25, 0.3) is 0 Å². The molecule has 3 rings (SSSR count). The number of anilines is 1. The summed E-state index contributed by atoms with van der Waals surface area (Å²) in [7, 11) is 0. The van der Waals surface area contributed by atoms with Crippen molar-refractivity contribution in [1.29, 1.82) is 0 Å².